The molecule has 20 heavy (non-hydrogen) atoms. The summed E-state index contributed by atoms with van der Waals surface area (Å²) in [7, 11) is 0. The first-order valence-electron chi connectivity index (χ1n) is 9.12. The molecule has 118 valence electrons. The minimum atomic E-state index is 0.716. The maximum atomic E-state index is 2.71. The summed E-state index contributed by atoms with van der Waals surface area (Å²) in [4.78, 5) is 5.37. The van der Waals surface area contributed by atoms with Crippen LogP contribution in [0, 0.1) is 5.41 Å². The maximum Gasteiger partial charge on any atom is 0.00514 e. The van der Waals surface area contributed by atoms with Crippen LogP contribution in [0.3, 0.4) is 0 Å². The standard InChI is InChI=1S/C18H36N2/c1-4-5-6-7-8-9-12-19-15-18(16-19)10-13-20(14-11-18)17(2)3/h17H,4-16H2,1-3H3. The van der Waals surface area contributed by atoms with Crippen molar-refractivity contribution in [2.24, 2.45) is 5.41 Å². The zero-order valence-corrected chi connectivity index (χ0v) is 14.2. The number of nitrogens with zero attached hydrogens (tertiary/aromatic N) is 2. The number of likely N-dealkylation sites (tertiary alicyclic amines) is 2. The second-order valence-electron chi connectivity index (χ2n) is 7.61. The van der Waals surface area contributed by atoms with Gasteiger partial charge in [-0.1, -0.05) is 39.0 Å². The molecule has 0 aromatic rings. The Bertz CT molecular complexity index is 259. The van der Waals surface area contributed by atoms with Crippen molar-refractivity contribution in [2.75, 3.05) is 32.7 Å². The largest absolute Gasteiger partial charge is 0.302 e. The summed E-state index contributed by atoms with van der Waals surface area (Å²) in [5.74, 6) is 0. The number of hydrogen-bond donors (Lipinski definition) is 0. The summed E-state index contributed by atoms with van der Waals surface area (Å²) < 4.78 is 0. The van der Waals surface area contributed by atoms with Crippen LogP contribution in [-0.2, 0) is 0 Å². The van der Waals surface area contributed by atoms with E-state index in [2.05, 4.69) is 30.6 Å². The molecule has 2 heterocycles. The van der Waals surface area contributed by atoms with E-state index in [-0.39, 0.29) is 0 Å². The molecule has 0 radical (unpaired) electrons. The third-order valence-electron chi connectivity index (χ3n) is 5.53. The highest BCUT2D eigenvalue weighted by Gasteiger charge is 2.44. The lowest BCUT2D eigenvalue weighted by Gasteiger charge is -2.54. The number of hydrogen-bond acceptors (Lipinski definition) is 2. The van der Waals surface area contributed by atoms with Crippen molar-refractivity contribution in [1.82, 2.24) is 9.80 Å². The van der Waals surface area contributed by atoms with E-state index in [1.165, 1.54) is 84.1 Å². The van der Waals surface area contributed by atoms with E-state index in [9.17, 15) is 0 Å². The van der Waals surface area contributed by atoms with E-state index in [4.69, 9.17) is 0 Å². The van der Waals surface area contributed by atoms with Crippen LogP contribution in [0.2, 0.25) is 0 Å². The van der Waals surface area contributed by atoms with Gasteiger partial charge < -0.3 is 9.80 Å². The lowest BCUT2D eigenvalue weighted by atomic mass is 9.71. The Morgan fingerprint density at radius 3 is 2.10 bits per heavy atom. The Morgan fingerprint density at radius 2 is 1.50 bits per heavy atom. The second-order valence-corrected chi connectivity index (χ2v) is 7.61. The highest BCUT2D eigenvalue weighted by molar-refractivity contribution is 4.98. The first kappa shape index (κ1) is 16.3. The van der Waals surface area contributed by atoms with Gasteiger partial charge in [-0.15, -0.1) is 0 Å². The molecule has 2 heteroatoms. The minimum Gasteiger partial charge on any atom is -0.302 e. The van der Waals surface area contributed by atoms with Gasteiger partial charge in [0.15, 0.2) is 0 Å². The predicted octanol–water partition coefficient (Wildman–Crippen LogP) is 4.15. The van der Waals surface area contributed by atoms with Crippen molar-refractivity contribution >= 4 is 0 Å². The molecule has 0 N–H and O–H groups in total. The van der Waals surface area contributed by atoms with Gasteiger partial charge in [0.25, 0.3) is 0 Å². The molecule has 2 aliphatic rings. The lowest BCUT2D eigenvalue weighted by Crippen LogP contribution is -2.60. The summed E-state index contributed by atoms with van der Waals surface area (Å²) in [5, 5.41) is 0. The fraction of sp³-hybridized carbons (Fsp3) is 1.00. The Hall–Kier alpha value is -0.0800. The fourth-order valence-electron chi connectivity index (χ4n) is 4.01. The maximum absolute atomic E-state index is 2.71. The molecule has 0 aromatic heterocycles. The van der Waals surface area contributed by atoms with Crippen LogP contribution in [0.25, 0.3) is 0 Å². The molecular weight excluding hydrogens is 244 g/mol. The van der Waals surface area contributed by atoms with Gasteiger partial charge >= 0.3 is 0 Å². The van der Waals surface area contributed by atoms with Crippen LogP contribution in [0.5, 0.6) is 0 Å². The molecule has 2 saturated heterocycles. The van der Waals surface area contributed by atoms with Gasteiger partial charge in [-0.2, -0.15) is 0 Å². The van der Waals surface area contributed by atoms with Crippen molar-refractivity contribution < 1.29 is 0 Å². The Balaban J connectivity index is 1.52. The summed E-state index contributed by atoms with van der Waals surface area (Å²) in [6.07, 6.45) is 11.5. The Labute approximate surface area is 126 Å². The molecule has 0 unspecified atom stereocenters. The third kappa shape index (κ3) is 4.46. The first-order chi connectivity index (χ1) is 9.65. The molecule has 0 bridgehead atoms. The first-order valence-corrected chi connectivity index (χ1v) is 9.12. The lowest BCUT2D eigenvalue weighted by molar-refractivity contribution is -0.0516. The third-order valence-corrected chi connectivity index (χ3v) is 5.53. The van der Waals surface area contributed by atoms with Crippen LogP contribution in [0.1, 0.15) is 72.1 Å². The molecule has 0 amide bonds. The van der Waals surface area contributed by atoms with E-state index < -0.39 is 0 Å². The van der Waals surface area contributed by atoms with Crippen molar-refractivity contribution in [2.45, 2.75) is 78.2 Å². The van der Waals surface area contributed by atoms with Gasteiger partial charge in [0, 0.05) is 19.1 Å². The van der Waals surface area contributed by atoms with E-state index in [1.54, 1.807) is 0 Å². The quantitative estimate of drug-likeness (QED) is 0.616. The molecule has 0 aliphatic carbocycles. The highest BCUT2D eigenvalue weighted by Crippen LogP contribution is 2.40. The molecule has 0 aromatic carbocycles. The van der Waals surface area contributed by atoms with Crippen LogP contribution in [0.15, 0.2) is 0 Å². The number of rotatable bonds is 8. The number of unbranched alkanes of at least 4 members (excludes halogenated alkanes) is 5. The molecule has 0 atom stereocenters. The van der Waals surface area contributed by atoms with Crippen LogP contribution in [0.4, 0.5) is 0 Å². The van der Waals surface area contributed by atoms with Gasteiger partial charge in [0.05, 0.1) is 0 Å². The van der Waals surface area contributed by atoms with Crippen molar-refractivity contribution in [3.8, 4) is 0 Å². The predicted molar refractivity (Wildman–Crippen MR) is 88.2 cm³/mol. The summed E-state index contributed by atoms with van der Waals surface area (Å²) >= 11 is 0. The Kier molecular flexibility index (Phi) is 6.35. The van der Waals surface area contributed by atoms with Crippen LogP contribution < -0.4 is 0 Å². The monoisotopic (exact) mass is 280 g/mol. The highest BCUT2D eigenvalue weighted by atomic mass is 15.2. The smallest absolute Gasteiger partial charge is 0.00514 e. The summed E-state index contributed by atoms with van der Waals surface area (Å²) in [6.45, 7) is 13.8. The Morgan fingerprint density at radius 1 is 0.900 bits per heavy atom. The molecule has 1 spiro atoms. The van der Waals surface area contributed by atoms with E-state index >= 15 is 0 Å². The average molecular weight is 281 g/mol. The topological polar surface area (TPSA) is 6.48 Å². The SMILES string of the molecule is CCCCCCCCN1CC2(CCN(C(C)C)CC2)C1. The van der Waals surface area contributed by atoms with Gasteiger partial charge in [0.1, 0.15) is 0 Å². The van der Waals surface area contributed by atoms with Gasteiger partial charge in [-0.25, -0.2) is 0 Å². The van der Waals surface area contributed by atoms with E-state index in [1.807, 2.05) is 0 Å². The molecule has 2 aliphatic heterocycles. The van der Waals surface area contributed by atoms with Crippen LogP contribution >= 0.6 is 0 Å². The zero-order valence-electron chi connectivity index (χ0n) is 14.2. The zero-order chi connectivity index (χ0) is 14.4. The second kappa shape index (κ2) is 7.79. The van der Waals surface area contributed by atoms with Gasteiger partial charge in [0.2, 0.25) is 0 Å². The van der Waals surface area contributed by atoms with Crippen molar-refractivity contribution in [3.05, 3.63) is 0 Å². The molecule has 2 fully saturated rings. The minimum absolute atomic E-state index is 0.716. The molecule has 2 nitrogen and oxygen atoms in total. The summed E-state index contributed by atoms with van der Waals surface area (Å²) in [6, 6.07) is 0.742. The van der Waals surface area contributed by atoms with Crippen molar-refractivity contribution in [1.29, 1.82) is 0 Å². The summed E-state index contributed by atoms with van der Waals surface area (Å²) in [5.41, 5.74) is 0.716. The molecule has 0 saturated carbocycles. The van der Waals surface area contributed by atoms with Gasteiger partial charge in [-0.05, 0) is 58.2 Å². The van der Waals surface area contributed by atoms with Crippen LogP contribution in [-0.4, -0.2) is 48.6 Å². The molecular formula is C18H36N2. The number of piperidine rings is 1. The van der Waals surface area contributed by atoms with Crippen molar-refractivity contribution in [3.63, 3.8) is 0 Å². The van der Waals surface area contributed by atoms with Gasteiger partial charge in [-0.3, -0.25) is 0 Å². The normalized spacial score (nSPS) is 23.4. The van der Waals surface area contributed by atoms with E-state index in [0.717, 1.165) is 6.04 Å². The fourth-order valence-corrected chi connectivity index (χ4v) is 4.01. The van der Waals surface area contributed by atoms with E-state index in [0.29, 0.717) is 5.41 Å². The average Bonchev–Trinajstić information content (AvgIpc) is 2.41. The molecule has 2 rings (SSSR count).